The first-order chi connectivity index (χ1) is 6.22. The molecule has 0 aliphatic carbocycles. The highest BCUT2D eigenvalue weighted by molar-refractivity contribution is 7.21. The molecule has 0 saturated heterocycles. The molecule has 1 N–H and O–H groups in total. The lowest BCUT2D eigenvalue weighted by Crippen LogP contribution is -1.76. The fourth-order valence-electron chi connectivity index (χ4n) is 1.15. The minimum Gasteiger partial charge on any atom is -0.498 e. The van der Waals surface area contributed by atoms with Crippen LogP contribution >= 0.6 is 22.9 Å². The van der Waals surface area contributed by atoms with Crippen LogP contribution in [0, 0.1) is 0 Å². The van der Waals surface area contributed by atoms with E-state index in [0.29, 0.717) is 10.6 Å². The van der Waals surface area contributed by atoms with Gasteiger partial charge in [-0.05, 0) is 12.1 Å². The molecule has 0 bridgehead atoms. The zero-order valence-corrected chi connectivity index (χ0v) is 8.02. The van der Waals surface area contributed by atoms with Crippen molar-refractivity contribution in [2.24, 2.45) is 0 Å². The Bertz CT molecular complexity index is 476. The van der Waals surface area contributed by atoms with Gasteiger partial charge in [0, 0.05) is 15.6 Å². The standard InChI is InChI=1S/C9H5ClO2S/c10-8-6-3-5(4-11)1-2-7(6)13-9(8)12/h1-4,12H. The van der Waals surface area contributed by atoms with Crippen molar-refractivity contribution in [1.82, 2.24) is 0 Å². The lowest BCUT2D eigenvalue weighted by atomic mass is 10.2. The Morgan fingerprint density at radius 3 is 2.92 bits per heavy atom. The Labute approximate surface area is 83.4 Å². The SMILES string of the molecule is O=Cc1ccc2sc(O)c(Cl)c2c1. The van der Waals surface area contributed by atoms with Gasteiger partial charge >= 0.3 is 0 Å². The second kappa shape index (κ2) is 3.01. The smallest absolute Gasteiger partial charge is 0.191 e. The number of rotatable bonds is 1. The maximum Gasteiger partial charge on any atom is 0.191 e. The number of carbonyl (C=O) groups is 1. The molecule has 0 unspecified atom stereocenters. The van der Waals surface area contributed by atoms with Crippen LogP contribution in [0.1, 0.15) is 10.4 Å². The zero-order chi connectivity index (χ0) is 9.42. The topological polar surface area (TPSA) is 37.3 Å². The predicted molar refractivity (Wildman–Crippen MR) is 53.9 cm³/mol. The number of hydrogen-bond donors (Lipinski definition) is 1. The molecular formula is C9H5ClO2S. The molecule has 1 aromatic carbocycles. The van der Waals surface area contributed by atoms with Crippen LogP contribution in [0.3, 0.4) is 0 Å². The molecule has 4 heteroatoms. The van der Waals surface area contributed by atoms with Crippen LogP contribution in [-0.2, 0) is 0 Å². The average molecular weight is 213 g/mol. The first kappa shape index (κ1) is 8.53. The number of carbonyl (C=O) groups excluding carboxylic acids is 1. The second-order valence-electron chi connectivity index (χ2n) is 2.59. The van der Waals surface area contributed by atoms with E-state index in [2.05, 4.69) is 0 Å². The van der Waals surface area contributed by atoms with Crippen molar-refractivity contribution in [3.05, 3.63) is 28.8 Å². The molecule has 0 atom stereocenters. The summed E-state index contributed by atoms with van der Waals surface area (Å²) in [7, 11) is 0. The van der Waals surface area contributed by atoms with E-state index in [1.165, 1.54) is 11.3 Å². The third kappa shape index (κ3) is 1.30. The van der Waals surface area contributed by atoms with Crippen LogP contribution in [0.4, 0.5) is 0 Å². The van der Waals surface area contributed by atoms with E-state index in [9.17, 15) is 9.90 Å². The summed E-state index contributed by atoms with van der Waals surface area (Å²) >= 11 is 7.02. The van der Waals surface area contributed by atoms with Gasteiger partial charge in [0.2, 0.25) is 0 Å². The van der Waals surface area contributed by atoms with Gasteiger partial charge in [-0.3, -0.25) is 4.79 Å². The largest absolute Gasteiger partial charge is 0.498 e. The highest BCUT2D eigenvalue weighted by Crippen LogP contribution is 2.40. The molecule has 0 radical (unpaired) electrons. The van der Waals surface area contributed by atoms with Crippen LogP contribution in [0.25, 0.3) is 10.1 Å². The second-order valence-corrected chi connectivity index (χ2v) is 4.00. The summed E-state index contributed by atoms with van der Waals surface area (Å²) in [5.41, 5.74) is 0.562. The molecule has 0 aliphatic heterocycles. The van der Waals surface area contributed by atoms with Gasteiger partial charge in [-0.25, -0.2) is 0 Å². The maximum atomic E-state index is 10.5. The molecule has 66 valence electrons. The quantitative estimate of drug-likeness (QED) is 0.738. The lowest BCUT2D eigenvalue weighted by Gasteiger charge is -1.91. The number of hydrogen-bond acceptors (Lipinski definition) is 3. The summed E-state index contributed by atoms with van der Waals surface area (Å²) < 4.78 is 0.883. The van der Waals surface area contributed by atoms with Crippen molar-refractivity contribution in [2.75, 3.05) is 0 Å². The number of thiophene rings is 1. The number of aldehydes is 1. The van der Waals surface area contributed by atoms with Crippen molar-refractivity contribution in [3.63, 3.8) is 0 Å². The minimum atomic E-state index is 0.0970. The van der Waals surface area contributed by atoms with Gasteiger partial charge in [-0.1, -0.05) is 29.0 Å². The summed E-state index contributed by atoms with van der Waals surface area (Å²) in [5, 5.41) is 10.5. The first-order valence-electron chi connectivity index (χ1n) is 3.58. The molecule has 0 saturated carbocycles. The van der Waals surface area contributed by atoms with Crippen LogP contribution in [0.15, 0.2) is 18.2 Å². The van der Waals surface area contributed by atoms with Gasteiger partial charge in [0.15, 0.2) is 5.06 Å². The third-order valence-electron chi connectivity index (χ3n) is 1.77. The summed E-state index contributed by atoms with van der Waals surface area (Å²) in [5.74, 6) is 0. The normalized spacial score (nSPS) is 10.5. The molecule has 13 heavy (non-hydrogen) atoms. The highest BCUT2D eigenvalue weighted by atomic mass is 35.5. The molecule has 0 spiro atoms. The van der Waals surface area contributed by atoms with Crippen LogP contribution < -0.4 is 0 Å². The number of benzene rings is 1. The molecular weight excluding hydrogens is 208 g/mol. The zero-order valence-electron chi connectivity index (χ0n) is 6.45. The van der Waals surface area contributed by atoms with E-state index in [-0.39, 0.29) is 5.06 Å². The Balaban J connectivity index is 2.81. The maximum absolute atomic E-state index is 10.5. The third-order valence-corrected chi connectivity index (χ3v) is 3.24. The van der Waals surface area contributed by atoms with Crippen LogP contribution in [0.5, 0.6) is 5.06 Å². The number of halogens is 1. The van der Waals surface area contributed by atoms with E-state index >= 15 is 0 Å². The average Bonchev–Trinajstić information content (AvgIpc) is 2.43. The molecule has 0 amide bonds. The Morgan fingerprint density at radius 2 is 2.23 bits per heavy atom. The van der Waals surface area contributed by atoms with Crippen molar-refractivity contribution >= 4 is 39.3 Å². The van der Waals surface area contributed by atoms with Crippen LogP contribution in [-0.4, -0.2) is 11.4 Å². The lowest BCUT2D eigenvalue weighted by molar-refractivity contribution is 0.112. The van der Waals surface area contributed by atoms with Gasteiger partial charge in [0.1, 0.15) is 11.3 Å². The first-order valence-corrected chi connectivity index (χ1v) is 4.78. The number of fused-ring (bicyclic) bond motifs is 1. The summed E-state index contributed by atoms with van der Waals surface area (Å²) in [6.07, 6.45) is 0.754. The van der Waals surface area contributed by atoms with Crippen LogP contribution in [0.2, 0.25) is 5.02 Å². The van der Waals surface area contributed by atoms with Crippen molar-refractivity contribution in [2.45, 2.75) is 0 Å². The van der Waals surface area contributed by atoms with E-state index in [1.54, 1.807) is 18.2 Å². The fourth-order valence-corrected chi connectivity index (χ4v) is 2.29. The molecule has 2 aromatic rings. The van der Waals surface area contributed by atoms with Crippen molar-refractivity contribution < 1.29 is 9.90 Å². The molecule has 0 fully saturated rings. The van der Waals surface area contributed by atoms with E-state index in [4.69, 9.17) is 11.6 Å². The summed E-state index contributed by atoms with van der Waals surface area (Å²) in [6.45, 7) is 0. The van der Waals surface area contributed by atoms with E-state index < -0.39 is 0 Å². The van der Waals surface area contributed by atoms with Crippen molar-refractivity contribution in [1.29, 1.82) is 0 Å². The van der Waals surface area contributed by atoms with Gasteiger partial charge in [-0.15, -0.1) is 0 Å². The summed E-state index contributed by atoms with van der Waals surface area (Å²) in [4.78, 5) is 10.5. The monoisotopic (exact) mass is 212 g/mol. The fraction of sp³-hybridized carbons (Fsp3) is 0. The van der Waals surface area contributed by atoms with Gasteiger partial charge in [0.25, 0.3) is 0 Å². The highest BCUT2D eigenvalue weighted by Gasteiger charge is 2.08. The number of aromatic hydroxyl groups is 1. The van der Waals surface area contributed by atoms with Gasteiger partial charge in [-0.2, -0.15) is 0 Å². The summed E-state index contributed by atoms with van der Waals surface area (Å²) in [6, 6.07) is 5.14. The molecule has 2 nitrogen and oxygen atoms in total. The Kier molecular flexibility index (Phi) is 1.98. The Hall–Kier alpha value is -1.06. The van der Waals surface area contributed by atoms with Gasteiger partial charge in [0.05, 0.1) is 0 Å². The predicted octanol–water partition coefficient (Wildman–Crippen LogP) is 3.07. The van der Waals surface area contributed by atoms with E-state index in [1.807, 2.05) is 0 Å². The van der Waals surface area contributed by atoms with E-state index in [0.717, 1.165) is 16.4 Å². The minimum absolute atomic E-state index is 0.0970. The van der Waals surface area contributed by atoms with Crippen molar-refractivity contribution in [3.8, 4) is 5.06 Å². The Morgan fingerprint density at radius 1 is 1.46 bits per heavy atom. The van der Waals surface area contributed by atoms with Gasteiger partial charge < -0.3 is 5.11 Å². The molecule has 1 heterocycles. The molecule has 0 aliphatic rings. The molecule has 1 aromatic heterocycles. The molecule has 2 rings (SSSR count).